The summed E-state index contributed by atoms with van der Waals surface area (Å²) in [7, 11) is -4.85. The van der Waals surface area contributed by atoms with Crippen molar-refractivity contribution in [2.75, 3.05) is 0 Å². The van der Waals surface area contributed by atoms with E-state index in [1.54, 1.807) is 0 Å². The predicted octanol–water partition coefficient (Wildman–Crippen LogP) is 4.04. The third-order valence-electron chi connectivity index (χ3n) is 3.67. The lowest BCUT2D eigenvalue weighted by atomic mass is 10.1. The molecule has 156 valence electrons. The number of para-hydroxylation sites is 2. The molecule has 1 atom stereocenters. The van der Waals surface area contributed by atoms with Crippen LogP contribution in [0.1, 0.15) is 46.0 Å². The van der Waals surface area contributed by atoms with Gasteiger partial charge in [-0.25, -0.2) is 0 Å². The standard InChI is InChI=1S/C20H27O3P.O3P/c1-3-5-8-13-18(4-2)21-24(22-19-14-9-6-10-15-19)23-20-16-11-7-12-17-20;1-4(2)3/h6-7,9-12,14-18H,3-5,8,13H2,1-2H3;/q;-3. The molecule has 0 fully saturated rings. The Morgan fingerprint density at radius 2 is 1.25 bits per heavy atom. The summed E-state index contributed by atoms with van der Waals surface area (Å²) in [5.74, 6) is 1.53. The highest BCUT2D eigenvalue weighted by molar-refractivity contribution is 7.42. The molecule has 0 aliphatic rings. The lowest BCUT2D eigenvalue weighted by Gasteiger charge is -2.39. The van der Waals surface area contributed by atoms with Crippen LogP contribution < -0.4 is 23.7 Å². The quantitative estimate of drug-likeness (QED) is 0.398. The van der Waals surface area contributed by atoms with Crippen molar-refractivity contribution in [3.05, 3.63) is 60.7 Å². The normalized spacial score (nSPS) is 11.7. The molecule has 2 aromatic carbocycles. The Bertz CT molecular complexity index is 556. The molecular weight excluding hydrogens is 398 g/mol. The minimum atomic E-state index is -3.37. The summed E-state index contributed by atoms with van der Waals surface area (Å²) < 4.78 is 18.1. The molecule has 0 spiro atoms. The van der Waals surface area contributed by atoms with E-state index >= 15 is 0 Å². The fraction of sp³-hybridized carbons (Fsp3) is 0.400. The first kappa shape index (κ1) is 24.8. The summed E-state index contributed by atoms with van der Waals surface area (Å²) in [5.41, 5.74) is 0. The van der Waals surface area contributed by atoms with E-state index in [0.29, 0.717) is 0 Å². The second-order valence-electron chi connectivity index (χ2n) is 5.89. The van der Waals surface area contributed by atoms with E-state index in [-0.39, 0.29) is 6.10 Å². The molecule has 0 bridgehead atoms. The molecular formula is C20H27O6P2-3. The lowest BCUT2D eigenvalue weighted by Crippen LogP contribution is -2.18. The fourth-order valence-corrected chi connectivity index (χ4v) is 3.48. The third-order valence-corrected chi connectivity index (χ3v) is 4.86. The van der Waals surface area contributed by atoms with Crippen LogP contribution >= 0.6 is 17.2 Å². The minimum Gasteiger partial charge on any atom is -0.854 e. The average molecular weight is 425 g/mol. The van der Waals surface area contributed by atoms with Gasteiger partial charge >= 0.3 is 8.60 Å². The molecule has 0 amide bonds. The van der Waals surface area contributed by atoms with Gasteiger partial charge in [0.15, 0.2) is 0 Å². The lowest BCUT2D eigenvalue weighted by molar-refractivity contribution is -0.407. The van der Waals surface area contributed by atoms with Gasteiger partial charge < -0.3 is 32.3 Å². The minimum absolute atomic E-state index is 0.162. The first-order valence-electron chi connectivity index (χ1n) is 9.29. The van der Waals surface area contributed by atoms with Crippen LogP contribution in [0, 0.1) is 0 Å². The van der Waals surface area contributed by atoms with Crippen LogP contribution in [-0.2, 0) is 4.52 Å². The highest BCUT2D eigenvalue weighted by Gasteiger charge is 2.22. The van der Waals surface area contributed by atoms with Gasteiger partial charge in [-0.1, -0.05) is 69.5 Å². The van der Waals surface area contributed by atoms with E-state index in [1.807, 2.05) is 60.7 Å². The SMILES string of the molecule is CCCCCC(CC)OP(Oc1ccccc1)Oc1ccccc1.[O-]P([O-])[O-]. The van der Waals surface area contributed by atoms with Crippen molar-refractivity contribution >= 4 is 17.2 Å². The van der Waals surface area contributed by atoms with Gasteiger partial charge in [-0.05, 0) is 37.1 Å². The number of rotatable bonds is 11. The summed E-state index contributed by atoms with van der Waals surface area (Å²) >= 11 is 0. The topological polar surface area (TPSA) is 96.9 Å². The van der Waals surface area contributed by atoms with Crippen molar-refractivity contribution in [3.8, 4) is 11.5 Å². The zero-order valence-electron chi connectivity index (χ0n) is 16.2. The molecule has 0 saturated carbocycles. The van der Waals surface area contributed by atoms with Crippen LogP contribution in [0.4, 0.5) is 0 Å². The maximum Gasteiger partial charge on any atom is 0.463 e. The maximum atomic E-state index is 8.48. The summed E-state index contributed by atoms with van der Waals surface area (Å²) in [6, 6.07) is 19.4. The van der Waals surface area contributed by atoms with Gasteiger partial charge in [0.05, 0.1) is 6.10 Å². The van der Waals surface area contributed by atoms with Crippen LogP contribution in [0.3, 0.4) is 0 Å². The molecule has 8 heteroatoms. The Morgan fingerprint density at radius 1 is 0.786 bits per heavy atom. The highest BCUT2D eigenvalue weighted by Crippen LogP contribution is 2.43. The molecule has 0 N–H and O–H groups in total. The molecule has 2 rings (SSSR count). The number of hydrogen-bond acceptors (Lipinski definition) is 6. The van der Waals surface area contributed by atoms with Gasteiger partial charge in [-0.2, -0.15) is 0 Å². The van der Waals surface area contributed by atoms with E-state index in [1.165, 1.54) is 19.3 Å². The molecule has 28 heavy (non-hydrogen) atoms. The molecule has 2 aromatic rings. The fourth-order valence-electron chi connectivity index (χ4n) is 2.27. The Labute approximate surface area is 170 Å². The van der Waals surface area contributed by atoms with Crippen LogP contribution in [0.5, 0.6) is 11.5 Å². The number of unbranched alkanes of at least 4 members (excludes halogenated alkanes) is 2. The van der Waals surface area contributed by atoms with E-state index in [9.17, 15) is 0 Å². The predicted molar refractivity (Wildman–Crippen MR) is 107 cm³/mol. The average Bonchev–Trinajstić information content (AvgIpc) is 2.68. The van der Waals surface area contributed by atoms with Crippen LogP contribution in [0.2, 0.25) is 0 Å². The van der Waals surface area contributed by atoms with Gasteiger partial charge in [-0.3, -0.25) is 4.52 Å². The van der Waals surface area contributed by atoms with Crippen molar-refractivity contribution in [3.63, 3.8) is 0 Å². The molecule has 0 aromatic heterocycles. The second kappa shape index (κ2) is 15.6. The van der Waals surface area contributed by atoms with Crippen molar-refractivity contribution in [1.29, 1.82) is 0 Å². The molecule has 0 aliphatic heterocycles. The molecule has 0 saturated heterocycles. The van der Waals surface area contributed by atoms with Gasteiger partial charge in [0.25, 0.3) is 0 Å². The molecule has 6 nitrogen and oxygen atoms in total. The number of hydrogen-bond donors (Lipinski definition) is 0. The Morgan fingerprint density at radius 3 is 1.64 bits per heavy atom. The van der Waals surface area contributed by atoms with E-state index in [0.717, 1.165) is 24.3 Å². The molecule has 1 unspecified atom stereocenters. The van der Waals surface area contributed by atoms with E-state index in [2.05, 4.69) is 13.8 Å². The van der Waals surface area contributed by atoms with E-state index < -0.39 is 17.2 Å². The van der Waals surface area contributed by atoms with Crippen molar-refractivity contribution in [1.82, 2.24) is 0 Å². The van der Waals surface area contributed by atoms with Crippen molar-refractivity contribution in [2.24, 2.45) is 0 Å². The maximum absolute atomic E-state index is 8.48. The highest BCUT2D eigenvalue weighted by atomic mass is 31.2. The number of benzene rings is 2. The van der Waals surface area contributed by atoms with Crippen LogP contribution in [-0.4, -0.2) is 6.10 Å². The van der Waals surface area contributed by atoms with Gasteiger partial charge in [0.2, 0.25) is 0 Å². The summed E-state index contributed by atoms with van der Waals surface area (Å²) in [4.78, 5) is 25.4. The Balaban J connectivity index is 0.000000892. The largest absolute Gasteiger partial charge is 0.854 e. The first-order valence-corrected chi connectivity index (χ1v) is 11.5. The van der Waals surface area contributed by atoms with Gasteiger partial charge in [-0.15, -0.1) is 0 Å². The summed E-state index contributed by atoms with van der Waals surface area (Å²) in [6.07, 6.45) is 5.78. The monoisotopic (exact) mass is 425 g/mol. The molecule has 0 aliphatic carbocycles. The summed E-state index contributed by atoms with van der Waals surface area (Å²) in [5, 5.41) is 0. The zero-order chi connectivity index (χ0) is 20.6. The van der Waals surface area contributed by atoms with E-state index in [4.69, 9.17) is 28.3 Å². The van der Waals surface area contributed by atoms with Crippen LogP contribution in [0.15, 0.2) is 60.7 Å². The molecule has 0 radical (unpaired) electrons. The Kier molecular flexibility index (Phi) is 13.8. The van der Waals surface area contributed by atoms with Crippen molar-refractivity contribution < 1.29 is 28.3 Å². The first-order chi connectivity index (χ1) is 13.5. The van der Waals surface area contributed by atoms with Crippen molar-refractivity contribution in [2.45, 2.75) is 52.1 Å². The van der Waals surface area contributed by atoms with Gasteiger partial charge in [0.1, 0.15) is 11.5 Å². The zero-order valence-corrected chi connectivity index (χ0v) is 18.0. The molecule has 0 heterocycles. The smallest absolute Gasteiger partial charge is 0.463 e. The van der Waals surface area contributed by atoms with Crippen LogP contribution in [0.25, 0.3) is 0 Å². The third kappa shape index (κ3) is 12.2. The van der Waals surface area contributed by atoms with Gasteiger partial charge in [0, 0.05) is 0 Å². The second-order valence-corrected chi connectivity index (χ2v) is 7.36. The Hall–Kier alpha value is -1.26. The summed E-state index contributed by atoms with van der Waals surface area (Å²) in [6.45, 7) is 4.36.